The van der Waals surface area contributed by atoms with Crippen molar-refractivity contribution < 1.29 is 19.1 Å². The van der Waals surface area contributed by atoms with E-state index in [1.54, 1.807) is 43.0 Å². The number of rotatable bonds is 5. The summed E-state index contributed by atoms with van der Waals surface area (Å²) in [5, 5.41) is 4.65. The lowest BCUT2D eigenvalue weighted by Gasteiger charge is -2.16. The average molecular weight is 412 g/mol. The summed E-state index contributed by atoms with van der Waals surface area (Å²) in [5.41, 5.74) is 1.62. The Bertz CT molecular complexity index is 1060. The maximum absolute atomic E-state index is 12.3. The lowest BCUT2D eigenvalue weighted by atomic mass is 10.1. The van der Waals surface area contributed by atoms with Crippen LogP contribution in [0.2, 0.25) is 5.02 Å². The standard InChI is InChI=1S/C21H18ClN3O4/c1-21(2)27-18-8-5-15(11-19(18)28-21)17(12-25-10-9-23-13-25)24-29-20(26)14-3-6-16(22)7-4-14/h3-11,13H,12H2,1-2H3/b24-17+. The third-order valence-corrected chi connectivity index (χ3v) is 4.45. The number of hydrogen-bond acceptors (Lipinski definition) is 6. The van der Waals surface area contributed by atoms with E-state index in [1.807, 2.05) is 36.6 Å². The molecule has 7 nitrogen and oxygen atoms in total. The molecule has 0 aliphatic carbocycles. The highest BCUT2D eigenvalue weighted by Gasteiger charge is 2.32. The molecule has 0 unspecified atom stereocenters. The number of oxime groups is 1. The summed E-state index contributed by atoms with van der Waals surface area (Å²) >= 11 is 5.86. The van der Waals surface area contributed by atoms with Crippen LogP contribution in [0.1, 0.15) is 29.8 Å². The van der Waals surface area contributed by atoms with Gasteiger partial charge in [-0.15, -0.1) is 0 Å². The van der Waals surface area contributed by atoms with E-state index in [0.717, 1.165) is 5.56 Å². The highest BCUT2D eigenvalue weighted by molar-refractivity contribution is 6.30. The number of carbonyl (C=O) groups is 1. The molecule has 1 aromatic heterocycles. The van der Waals surface area contributed by atoms with Gasteiger partial charge in [0.1, 0.15) is 5.71 Å². The summed E-state index contributed by atoms with van der Waals surface area (Å²) in [7, 11) is 0. The Hall–Kier alpha value is -3.32. The van der Waals surface area contributed by atoms with Crippen molar-refractivity contribution in [2.45, 2.75) is 26.2 Å². The minimum Gasteiger partial charge on any atom is -0.449 e. The van der Waals surface area contributed by atoms with Crippen LogP contribution in [-0.4, -0.2) is 27.0 Å². The Morgan fingerprint density at radius 2 is 1.86 bits per heavy atom. The highest BCUT2D eigenvalue weighted by atomic mass is 35.5. The third-order valence-electron chi connectivity index (χ3n) is 4.20. The zero-order chi connectivity index (χ0) is 20.4. The number of fused-ring (bicyclic) bond motifs is 1. The predicted octanol–water partition coefficient (Wildman–Crippen LogP) is 4.31. The van der Waals surface area contributed by atoms with Crippen molar-refractivity contribution in [2.75, 3.05) is 0 Å². The van der Waals surface area contributed by atoms with Gasteiger partial charge in [-0.2, -0.15) is 0 Å². The normalized spacial score (nSPS) is 14.7. The number of benzene rings is 2. The molecule has 148 valence electrons. The smallest absolute Gasteiger partial charge is 0.365 e. The van der Waals surface area contributed by atoms with Crippen molar-refractivity contribution in [3.05, 3.63) is 77.3 Å². The molecule has 0 radical (unpaired) electrons. The fourth-order valence-electron chi connectivity index (χ4n) is 2.86. The monoisotopic (exact) mass is 411 g/mol. The number of ether oxygens (including phenoxy) is 2. The van der Waals surface area contributed by atoms with Crippen molar-refractivity contribution in [2.24, 2.45) is 5.16 Å². The Morgan fingerprint density at radius 1 is 1.14 bits per heavy atom. The maximum Gasteiger partial charge on any atom is 0.365 e. The van der Waals surface area contributed by atoms with Gasteiger partial charge in [-0.1, -0.05) is 16.8 Å². The van der Waals surface area contributed by atoms with Gasteiger partial charge in [0.15, 0.2) is 11.5 Å². The van der Waals surface area contributed by atoms with E-state index in [9.17, 15) is 4.79 Å². The van der Waals surface area contributed by atoms with Crippen LogP contribution in [0.25, 0.3) is 0 Å². The Kier molecular flexibility index (Phi) is 4.98. The molecule has 29 heavy (non-hydrogen) atoms. The molecule has 4 rings (SSSR count). The summed E-state index contributed by atoms with van der Waals surface area (Å²) in [4.78, 5) is 21.6. The molecular weight excluding hydrogens is 394 g/mol. The molecule has 0 saturated heterocycles. The lowest BCUT2D eigenvalue weighted by Crippen LogP contribution is -2.29. The largest absolute Gasteiger partial charge is 0.449 e. The van der Waals surface area contributed by atoms with Crippen LogP contribution in [0.3, 0.4) is 0 Å². The molecule has 0 spiro atoms. The van der Waals surface area contributed by atoms with E-state index < -0.39 is 11.8 Å². The number of imidazole rings is 1. The number of carbonyl (C=O) groups excluding carboxylic acids is 1. The van der Waals surface area contributed by atoms with Crippen molar-refractivity contribution in [3.8, 4) is 11.5 Å². The minimum atomic E-state index is -0.732. The molecular formula is C21H18ClN3O4. The van der Waals surface area contributed by atoms with Gasteiger partial charge in [-0.05, 0) is 42.5 Å². The zero-order valence-electron chi connectivity index (χ0n) is 15.8. The lowest BCUT2D eigenvalue weighted by molar-refractivity contribution is -0.0431. The summed E-state index contributed by atoms with van der Waals surface area (Å²) in [6, 6.07) is 11.9. The van der Waals surface area contributed by atoms with Crippen LogP contribution in [0.4, 0.5) is 0 Å². The Morgan fingerprint density at radius 3 is 2.59 bits per heavy atom. The quantitative estimate of drug-likeness (QED) is 0.355. The molecule has 1 aliphatic rings. The molecule has 3 aromatic rings. The molecule has 0 atom stereocenters. The number of halogens is 1. The van der Waals surface area contributed by atoms with Crippen LogP contribution < -0.4 is 9.47 Å². The maximum atomic E-state index is 12.3. The van der Waals surface area contributed by atoms with Crippen LogP contribution >= 0.6 is 11.6 Å². The second-order valence-electron chi connectivity index (χ2n) is 6.92. The van der Waals surface area contributed by atoms with Gasteiger partial charge in [-0.3, -0.25) is 0 Å². The Labute approximate surface area is 172 Å². The first-order valence-corrected chi connectivity index (χ1v) is 9.29. The highest BCUT2D eigenvalue weighted by Crippen LogP contribution is 2.39. The first kappa shape index (κ1) is 19.0. The fourth-order valence-corrected chi connectivity index (χ4v) is 2.99. The topological polar surface area (TPSA) is 74.9 Å². The summed E-state index contributed by atoms with van der Waals surface area (Å²) in [5.74, 6) is -0.0515. The van der Waals surface area contributed by atoms with E-state index in [0.29, 0.717) is 34.3 Å². The molecule has 8 heteroatoms. The summed E-state index contributed by atoms with van der Waals surface area (Å²) < 4.78 is 13.4. The molecule has 0 amide bonds. The molecule has 2 heterocycles. The van der Waals surface area contributed by atoms with Gasteiger partial charge >= 0.3 is 5.97 Å². The van der Waals surface area contributed by atoms with Crippen LogP contribution in [-0.2, 0) is 11.4 Å². The number of aromatic nitrogens is 2. The third kappa shape index (κ3) is 4.41. The molecule has 0 saturated carbocycles. The van der Waals surface area contributed by atoms with Crippen LogP contribution in [0.5, 0.6) is 11.5 Å². The van der Waals surface area contributed by atoms with Gasteiger partial charge in [0.25, 0.3) is 0 Å². The van der Waals surface area contributed by atoms with Gasteiger partial charge in [0, 0.05) is 36.8 Å². The van der Waals surface area contributed by atoms with E-state index in [-0.39, 0.29) is 0 Å². The molecule has 0 fully saturated rings. The molecule has 0 bridgehead atoms. The van der Waals surface area contributed by atoms with Gasteiger partial charge in [0.05, 0.1) is 18.4 Å². The van der Waals surface area contributed by atoms with Crippen LogP contribution in [0.15, 0.2) is 66.3 Å². The zero-order valence-corrected chi connectivity index (χ0v) is 16.6. The first-order valence-electron chi connectivity index (χ1n) is 8.92. The minimum absolute atomic E-state index is 0.354. The average Bonchev–Trinajstić information content (AvgIpc) is 3.30. The van der Waals surface area contributed by atoms with Crippen molar-refractivity contribution in [1.29, 1.82) is 0 Å². The number of hydrogen-bond donors (Lipinski definition) is 0. The summed E-state index contributed by atoms with van der Waals surface area (Å²) in [6.07, 6.45) is 5.12. The molecule has 1 aliphatic heterocycles. The number of nitrogens with zero attached hydrogens (tertiary/aromatic N) is 3. The van der Waals surface area contributed by atoms with E-state index in [2.05, 4.69) is 10.1 Å². The van der Waals surface area contributed by atoms with E-state index >= 15 is 0 Å². The molecule has 2 aromatic carbocycles. The van der Waals surface area contributed by atoms with Gasteiger partial charge in [-0.25, -0.2) is 9.78 Å². The van der Waals surface area contributed by atoms with Crippen LogP contribution in [0, 0.1) is 0 Å². The molecule has 0 N–H and O–H groups in total. The predicted molar refractivity (Wildman–Crippen MR) is 107 cm³/mol. The van der Waals surface area contributed by atoms with Gasteiger partial charge in [0.2, 0.25) is 5.79 Å². The second-order valence-corrected chi connectivity index (χ2v) is 7.36. The summed E-state index contributed by atoms with van der Waals surface area (Å²) in [6.45, 7) is 4.03. The fraction of sp³-hybridized carbons (Fsp3) is 0.190. The van der Waals surface area contributed by atoms with Crippen molar-refractivity contribution >= 4 is 23.3 Å². The Balaban J connectivity index is 1.61. The SMILES string of the molecule is CC1(C)Oc2ccc(/C(Cn3ccnc3)=N/OC(=O)c3ccc(Cl)cc3)cc2O1. The van der Waals surface area contributed by atoms with Gasteiger partial charge < -0.3 is 18.9 Å². The van der Waals surface area contributed by atoms with E-state index in [1.165, 1.54) is 0 Å². The second kappa shape index (κ2) is 7.60. The van der Waals surface area contributed by atoms with Crippen molar-refractivity contribution in [1.82, 2.24) is 9.55 Å². The van der Waals surface area contributed by atoms with Crippen molar-refractivity contribution in [3.63, 3.8) is 0 Å². The first-order chi connectivity index (χ1) is 13.9. The van der Waals surface area contributed by atoms with E-state index in [4.69, 9.17) is 25.9 Å².